The van der Waals surface area contributed by atoms with Gasteiger partial charge in [-0.2, -0.15) is 5.26 Å². The second-order valence-corrected chi connectivity index (χ2v) is 6.05. The molecule has 0 saturated carbocycles. The summed E-state index contributed by atoms with van der Waals surface area (Å²) in [6, 6.07) is 17.1. The van der Waals surface area contributed by atoms with Crippen molar-refractivity contribution in [3.63, 3.8) is 0 Å². The number of para-hydroxylation sites is 1. The van der Waals surface area contributed by atoms with E-state index < -0.39 is 0 Å². The van der Waals surface area contributed by atoms with E-state index in [1.165, 1.54) is 11.3 Å². The van der Waals surface area contributed by atoms with Crippen LogP contribution in [0.4, 0.5) is 0 Å². The van der Waals surface area contributed by atoms with Gasteiger partial charge >= 0.3 is 0 Å². The van der Waals surface area contributed by atoms with Gasteiger partial charge in [0.2, 0.25) is 0 Å². The molecule has 0 radical (unpaired) electrons. The number of aliphatic hydroxyl groups is 1. The number of hydrogen-bond donors (Lipinski definition) is 1. The van der Waals surface area contributed by atoms with Crippen molar-refractivity contribution < 1.29 is 9.84 Å². The molecule has 2 aromatic carbocycles. The molecule has 0 fully saturated rings. The molecule has 1 aromatic heterocycles. The molecule has 0 atom stereocenters. The van der Waals surface area contributed by atoms with E-state index in [1.807, 2.05) is 61.5 Å². The largest absolute Gasteiger partial charge is 0.507 e. The second-order valence-electron chi connectivity index (χ2n) is 5.02. The lowest BCUT2D eigenvalue weighted by molar-refractivity contribution is 0.272. The molecule has 1 N–H and O–H groups in total. The van der Waals surface area contributed by atoms with Crippen molar-refractivity contribution >= 4 is 27.1 Å². The molecule has 0 spiro atoms. The van der Waals surface area contributed by atoms with E-state index in [9.17, 15) is 10.4 Å². The van der Waals surface area contributed by atoms with Crippen molar-refractivity contribution in [2.24, 2.45) is 0 Å². The van der Waals surface area contributed by atoms with Gasteiger partial charge in [0.05, 0.1) is 10.2 Å². The number of nitriles is 1. The number of hydrogen-bond acceptors (Lipinski definition) is 5. The standard InChI is InChI=1S/C18H14N2O2S/c1-12-6-8-13(9-7-12)22-11-16(21)14(10-19)18-20-15-4-2-3-5-17(15)23-18/h2-9,21H,11H2,1H3/b16-14-. The molecule has 1 heterocycles. The highest BCUT2D eigenvalue weighted by atomic mass is 32.1. The number of nitrogens with zero attached hydrogens (tertiary/aromatic N) is 2. The third kappa shape index (κ3) is 3.33. The van der Waals surface area contributed by atoms with Crippen LogP contribution in [0.25, 0.3) is 15.8 Å². The molecular weight excluding hydrogens is 308 g/mol. The van der Waals surface area contributed by atoms with Crippen molar-refractivity contribution in [2.45, 2.75) is 6.92 Å². The summed E-state index contributed by atoms with van der Waals surface area (Å²) in [5.74, 6) is 0.524. The van der Waals surface area contributed by atoms with Crippen molar-refractivity contribution in [1.29, 1.82) is 5.26 Å². The fourth-order valence-electron chi connectivity index (χ4n) is 2.07. The highest BCUT2D eigenvalue weighted by molar-refractivity contribution is 7.19. The van der Waals surface area contributed by atoms with Gasteiger partial charge in [-0.3, -0.25) is 0 Å². The molecule has 0 unspecified atom stereocenters. The summed E-state index contributed by atoms with van der Waals surface area (Å²) in [6.45, 7) is 1.92. The Kier molecular flexibility index (Phi) is 4.26. The predicted octanol–water partition coefficient (Wildman–Crippen LogP) is 4.48. The number of allylic oxidation sites excluding steroid dienone is 1. The van der Waals surface area contributed by atoms with Crippen LogP contribution in [0, 0.1) is 18.3 Å². The van der Waals surface area contributed by atoms with Gasteiger partial charge < -0.3 is 9.84 Å². The summed E-state index contributed by atoms with van der Waals surface area (Å²) in [7, 11) is 0. The fraction of sp³-hybridized carbons (Fsp3) is 0.111. The van der Waals surface area contributed by atoms with Crippen molar-refractivity contribution in [3.05, 3.63) is 64.9 Å². The first-order valence-corrected chi connectivity index (χ1v) is 7.86. The minimum Gasteiger partial charge on any atom is -0.507 e. The first-order valence-electron chi connectivity index (χ1n) is 7.05. The van der Waals surface area contributed by atoms with E-state index in [-0.39, 0.29) is 17.9 Å². The van der Waals surface area contributed by atoms with E-state index in [4.69, 9.17) is 4.74 Å². The van der Waals surface area contributed by atoms with Gasteiger partial charge in [0, 0.05) is 0 Å². The molecule has 0 aliphatic carbocycles. The maximum atomic E-state index is 10.2. The number of fused-ring (bicyclic) bond motifs is 1. The van der Waals surface area contributed by atoms with Crippen LogP contribution >= 0.6 is 11.3 Å². The number of thiazole rings is 1. The van der Waals surface area contributed by atoms with Crippen LogP contribution < -0.4 is 4.74 Å². The topological polar surface area (TPSA) is 66.1 Å². The second kappa shape index (κ2) is 6.51. The van der Waals surface area contributed by atoms with Crippen molar-refractivity contribution in [2.75, 3.05) is 6.61 Å². The Hall–Kier alpha value is -2.84. The summed E-state index contributed by atoms with van der Waals surface area (Å²) < 4.78 is 6.49. The molecule has 0 aliphatic heterocycles. The summed E-state index contributed by atoms with van der Waals surface area (Å²) in [5.41, 5.74) is 2.09. The van der Waals surface area contributed by atoms with Crippen LogP contribution in [0.1, 0.15) is 10.6 Å². The zero-order chi connectivity index (χ0) is 16.2. The first-order chi connectivity index (χ1) is 11.2. The molecule has 0 bridgehead atoms. The molecule has 0 aliphatic rings. The van der Waals surface area contributed by atoms with Crippen LogP contribution in [0.5, 0.6) is 5.75 Å². The van der Waals surface area contributed by atoms with Gasteiger partial charge in [0.1, 0.15) is 29.0 Å². The van der Waals surface area contributed by atoms with Crippen LogP contribution in [-0.4, -0.2) is 16.7 Å². The minimum absolute atomic E-state index is 0.0676. The van der Waals surface area contributed by atoms with Gasteiger partial charge in [0.25, 0.3) is 0 Å². The molecule has 3 rings (SSSR count). The lowest BCUT2D eigenvalue weighted by Crippen LogP contribution is -2.03. The fourth-order valence-corrected chi connectivity index (χ4v) is 3.06. The minimum atomic E-state index is -0.118. The molecule has 0 amide bonds. The van der Waals surface area contributed by atoms with E-state index >= 15 is 0 Å². The van der Waals surface area contributed by atoms with Crippen molar-refractivity contribution in [1.82, 2.24) is 4.98 Å². The van der Waals surface area contributed by atoms with Crippen LogP contribution in [0.2, 0.25) is 0 Å². The Bertz CT molecular complexity index is 872. The van der Waals surface area contributed by atoms with Gasteiger partial charge in [-0.1, -0.05) is 29.8 Å². The maximum absolute atomic E-state index is 10.2. The van der Waals surface area contributed by atoms with Gasteiger partial charge in [0.15, 0.2) is 5.76 Å². The first kappa shape index (κ1) is 15.1. The van der Waals surface area contributed by atoms with Gasteiger partial charge in [-0.25, -0.2) is 4.98 Å². The SMILES string of the molecule is Cc1ccc(OC/C(O)=C(\C#N)c2nc3ccccc3s2)cc1. The average Bonchev–Trinajstić information content (AvgIpc) is 2.98. The van der Waals surface area contributed by atoms with E-state index in [1.54, 1.807) is 0 Å². The lowest BCUT2D eigenvalue weighted by atomic mass is 10.2. The number of rotatable bonds is 4. The monoisotopic (exact) mass is 322 g/mol. The molecular formula is C18H14N2O2S. The van der Waals surface area contributed by atoms with Crippen LogP contribution in [0.15, 0.2) is 54.3 Å². The Morgan fingerprint density at radius 2 is 1.96 bits per heavy atom. The number of aliphatic hydroxyl groups excluding tert-OH is 1. The quantitative estimate of drug-likeness (QED) is 0.568. The van der Waals surface area contributed by atoms with Crippen LogP contribution in [-0.2, 0) is 0 Å². The Morgan fingerprint density at radius 3 is 2.65 bits per heavy atom. The van der Waals surface area contributed by atoms with E-state index in [0.29, 0.717) is 10.8 Å². The molecule has 4 nitrogen and oxygen atoms in total. The molecule has 0 saturated heterocycles. The number of aromatic nitrogens is 1. The summed E-state index contributed by atoms with van der Waals surface area (Å²) in [4.78, 5) is 4.39. The van der Waals surface area contributed by atoms with E-state index in [2.05, 4.69) is 4.98 Å². The molecule has 5 heteroatoms. The zero-order valence-corrected chi connectivity index (χ0v) is 13.3. The average molecular weight is 322 g/mol. The highest BCUT2D eigenvalue weighted by Gasteiger charge is 2.14. The van der Waals surface area contributed by atoms with Crippen LogP contribution in [0.3, 0.4) is 0 Å². The highest BCUT2D eigenvalue weighted by Crippen LogP contribution is 2.28. The maximum Gasteiger partial charge on any atom is 0.151 e. The Balaban J connectivity index is 1.84. The summed E-state index contributed by atoms with van der Waals surface area (Å²) >= 11 is 1.37. The van der Waals surface area contributed by atoms with Crippen molar-refractivity contribution in [3.8, 4) is 11.8 Å². The normalized spacial score (nSPS) is 11.8. The third-order valence-electron chi connectivity index (χ3n) is 3.30. The predicted molar refractivity (Wildman–Crippen MR) is 91.5 cm³/mol. The number of ether oxygens (including phenoxy) is 1. The number of benzene rings is 2. The van der Waals surface area contributed by atoms with Gasteiger partial charge in [-0.15, -0.1) is 11.3 Å². The van der Waals surface area contributed by atoms with E-state index in [0.717, 1.165) is 15.8 Å². The molecule has 3 aromatic rings. The smallest absolute Gasteiger partial charge is 0.151 e. The zero-order valence-electron chi connectivity index (χ0n) is 12.5. The summed E-state index contributed by atoms with van der Waals surface area (Å²) in [6.07, 6.45) is 0. The lowest BCUT2D eigenvalue weighted by Gasteiger charge is -2.06. The third-order valence-corrected chi connectivity index (χ3v) is 4.36. The number of aryl methyl sites for hydroxylation is 1. The molecule has 23 heavy (non-hydrogen) atoms. The Morgan fingerprint density at radius 1 is 1.22 bits per heavy atom. The molecule has 114 valence electrons. The van der Waals surface area contributed by atoms with Gasteiger partial charge in [-0.05, 0) is 31.2 Å². The summed E-state index contributed by atoms with van der Waals surface area (Å²) in [5, 5.41) is 20.1. The Labute approximate surface area is 137 Å².